The van der Waals surface area contributed by atoms with Gasteiger partial charge in [-0.15, -0.1) is 0 Å². The van der Waals surface area contributed by atoms with Gasteiger partial charge in [0.1, 0.15) is 0 Å². The van der Waals surface area contributed by atoms with E-state index in [-0.39, 0.29) is 0 Å². The Labute approximate surface area is 88.7 Å². The Bertz CT molecular complexity index is 256. The topological polar surface area (TPSA) is 0 Å². The predicted molar refractivity (Wildman–Crippen MR) is 66.4 cm³/mol. The van der Waals surface area contributed by atoms with Crippen LogP contribution in [0.3, 0.4) is 0 Å². The van der Waals surface area contributed by atoms with Gasteiger partial charge in [-0.25, -0.2) is 0 Å². The summed E-state index contributed by atoms with van der Waals surface area (Å²) in [4.78, 5) is 0. The molecule has 0 saturated carbocycles. The maximum Gasteiger partial charge on any atom is -0.0202 e. The van der Waals surface area contributed by atoms with E-state index in [0.29, 0.717) is 0 Å². The minimum atomic E-state index is 1.34. The number of rotatable bonds is 3. The van der Waals surface area contributed by atoms with Crippen LogP contribution in [0, 0.1) is 0 Å². The lowest BCUT2D eigenvalue weighted by Crippen LogP contribution is -1.89. The van der Waals surface area contributed by atoms with Gasteiger partial charge in [-0.05, 0) is 52.7 Å². The van der Waals surface area contributed by atoms with Gasteiger partial charge in [-0.1, -0.05) is 35.5 Å². The first-order valence-corrected chi connectivity index (χ1v) is 5.15. The highest BCUT2D eigenvalue weighted by molar-refractivity contribution is 5.50. The van der Waals surface area contributed by atoms with Gasteiger partial charge in [-0.2, -0.15) is 0 Å². The molecule has 78 valence electrons. The van der Waals surface area contributed by atoms with Crippen LogP contribution in [-0.2, 0) is 0 Å². The summed E-state index contributed by atoms with van der Waals surface area (Å²) in [5, 5.41) is 0. The van der Waals surface area contributed by atoms with Gasteiger partial charge in [-0.3, -0.25) is 0 Å². The third-order valence-corrected chi connectivity index (χ3v) is 2.03. The molecule has 0 heterocycles. The number of hydrogen-bond acceptors (Lipinski definition) is 0. The van der Waals surface area contributed by atoms with Gasteiger partial charge in [0.05, 0.1) is 0 Å². The second-order valence-corrected chi connectivity index (χ2v) is 3.83. The molecule has 0 aromatic carbocycles. The molecule has 0 saturated heterocycles. The van der Waals surface area contributed by atoms with Crippen molar-refractivity contribution >= 4 is 0 Å². The van der Waals surface area contributed by atoms with Gasteiger partial charge < -0.3 is 0 Å². The van der Waals surface area contributed by atoms with E-state index in [1.807, 2.05) is 0 Å². The lowest BCUT2D eigenvalue weighted by Gasteiger charge is -2.09. The molecule has 0 fully saturated rings. The van der Waals surface area contributed by atoms with Crippen molar-refractivity contribution in [3.8, 4) is 0 Å². The van der Waals surface area contributed by atoms with Crippen molar-refractivity contribution in [3.05, 3.63) is 46.6 Å². The monoisotopic (exact) mass is 190 g/mol. The summed E-state index contributed by atoms with van der Waals surface area (Å²) in [6, 6.07) is 0. The smallest absolute Gasteiger partial charge is 0.0202 e. The van der Waals surface area contributed by atoms with Crippen molar-refractivity contribution in [1.29, 1.82) is 0 Å². The molecule has 0 N–H and O–H groups in total. The second kappa shape index (κ2) is 6.42. The quantitative estimate of drug-likeness (QED) is 0.560. The molecule has 0 spiro atoms. The van der Waals surface area contributed by atoms with E-state index in [9.17, 15) is 0 Å². The summed E-state index contributed by atoms with van der Waals surface area (Å²) in [5.41, 5.74) is 5.39. The fourth-order valence-electron chi connectivity index (χ4n) is 1.38. The van der Waals surface area contributed by atoms with E-state index in [1.54, 1.807) is 0 Å². The summed E-state index contributed by atoms with van der Waals surface area (Å²) in [6.45, 7) is 12.7. The third kappa shape index (κ3) is 3.78. The molecule has 0 nitrogen and oxygen atoms in total. The average Bonchev–Trinajstić information content (AvgIpc) is 2.10. The Morgan fingerprint density at radius 2 is 0.929 bits per heavy atom. The molecule has 0 bridgehead atoms. The number of hydrogen-bond donors (Lipinski definition) is 0. The van der Waals surface area contributed by atoms with E-state index in [0.717, 1.165) is 0 Å². The lowest BCUT2D eigenvalue weighted by atomic mass is 9.97. The van der Waals surface area contributed by atoms with Crippen LogP contribution in [0.4, 0.5) is 0 Å². The molecular weight excluding hydrogens is 168 g/mol. The van der Waals surface area contributed by atoms with Crippen LogP contribution in [0.2, 0.25) is 0 Å². The van der Waals surface area contributed by atoms with E-state index in [4.69, 9.17) is 0 Å². The van der Waals surface area contributed by atoms with Crippen molar-refractivity contribution in [1.82, 2.24) is 0 Å². The zero-order chi connectivity index (χ0) is 11.1. The lowest BCUT2D eigenvalue weighted by molar-refractivity contribution is 1.25. The molecule has 0 radical (unpaired) electrons. The Morgan fingerprint density at radius 1 is 0.643 bits per heavy atom. The Balaban J connectivity index is 5.40. The summed E-state index contributed by atoms with van der Waals surface area (Å²) < 4.78 is 0. The van der Waals surface area contributed by atoms with E-state index in [1.165, 1.54) is 22.3 Å². The largest absolute Gasteiger partial charge is 0.0870 e. The second-order valence-electron chi connectivity index (χ2n) is 3.83. The summed E-state index contributed by atoms with van der Waals surface area (Å²) in [7, 11) is 0. The molecule has 0 amide bonds. The maximum atomic E-state index is 2.18. The van der Waals surface area contributed by atoms with Crippen molar-refractivity contribution in [2.45, 2.75) is 41.5 Å². The molecule has 0 unspecified atom stereocenters. The van der Waals surface area contributed by atoms with Gasteiger partial charge >= 0.3 is 0 Å². The zero-order valence-electron chi connectivity index (χ0n) is 10.3. The van der Waals surface area contributed by atoms with E-state index < -0.39 is 0 Å². The third-order valence-electron chi connectivity index (χ3n) is 2.03. The first-order valence-electron chi connectivity index (χ1n) is 5.15. The fraction of sp³-hybridized carbons (Fsp3) is 0.429. The molecule has 0 aliphatic rings. The first kappa shape index (κ1) is 13.0. The van der Waals surface area contributed by atoms with Crippen molar-refractivity contribution in [2.75, 3.05) is 0 Å². The Kier molecular flexibility index (Phi) is 5.94. The average molecular weight is 190 g/mol. The molecule has 0 aromatic rings. The highest BCUT2D eigenvalue weighted by Gasteiger charge is 2.01. The molecule has 0 aliphatic heterocycles. The Hall–Kier alpha value is -1.04. The molecule has 0 heteroatoms. The van der Waals surface area contributed by atoms with Crippen molar-refractivity contribution in [3.63, 3.8) is 0 Å². The van der Waals surface area contributed by atoms with Gasteiger partial charge in [0.2, 0.25) is 0 Å². The molecule has 0 atom stereocenters. The summed E-state index contributed by atoms with van der Waals surface area (Å²) >= 11 is 0. The predicted octanol–water partition coefficient (Wildman–Crippen LogP) is 4.81. The highest BCUT2D eigenvalue weighted by Crippen LogP contribution is 2.21. The zero-order valence-corrected chi connectivity index (χ0v) is 10.3. The minimum Gasteiger partial charge on any atom is -0.0870 e. The van der Waals surface area contributed by atoms with Crippen LogP contribution >= 0.6 is 0 Å². The number of allylic oxidation sites excluding steroid dienone is 8. The Morgan fingerprint density at radius 3 is 1.07 bits per heavy atom. The normalized spacial score (nSPS) is 11.0. The highest BCUT2D eigenvalue weighted by atomic mass is 14.1. The maximum absolute atomic E-state index is 2.18. The van der Waals surface area contributed by atoms with Crippen LogP contribution in [0.25, 0.3) is 0 Å². The van der Waals surface area contributed by atoms with Crippen LogP contribution in [0.5, 0.6) is 0 Å². The van der Waals surface area contributed by atoms with Gasteiger partial charge in [0, 0.05) is 0 Å². The van der Waals surface area contributed by atoms with Crippen LogP contribution in [-0.4, -0.2) is 0 Å². The molecule has 0 aromatic heterocycles. The van der Waals surface area contributed by atoms with Crippen LogP contribution in [0.15, 0.2) is 46.6 Å². The van der Waals surface area contributed by atoms with E-state index >= 15 is 0 Å². The fourth-order valence-corrected chi connectivity index (χ4v) is 1.38. The van der Waals surface area contributed by atoms with Crippen LogP contribution in [0.1, 0.15) is 41.5 Å². The molecule has 0 aliphatic carbocycles. The van der Waals surface area contributed by atoms with Crippen molar-refractivity contribution in [2.24, 2.45) is 0 Å². The minimum absolute atomic E-state index is 1.34. The SMILES string of the molecule is C/C=C/C(=C(C)C)C(/C=C/C)=C(C)C. The van der Waals surface area contributed by atoms with Crippen molar-refractivity contribution < 1.29 is 0 Å². The summed E-state index contributed by atoms with van der Waals surface area (Å²) in [6.07, 6.45) is 8.54. The molecule has 14 heavy (non-hydrogen) atoms. The van der Waals surface area contributed by atoms with E-state index in [2.05, 4.69) is 65.8 Å². The van der Waals surface area contributed by atoms with Gasteiger partial charge in [0.25, 0.3) is 0 Å². The standard InChI is InChI=1S/C14H22/c1-7-9-13(11(3)4)14(10-8-2)12(5)6/h7-10H,1-6H3/b9-7+,10-8+. The summed E-state index contributed by atoms with van der Waals surface area (Å²) in [5.74, 6) is 0. The molecular formula is C14H22. The first-order chi connectivity index (χ1) is 6.54. The van der Waals surface area contributed by atoms with Gasteiger partial charge in [0.15, 0.2) is 0 Å². The van der Waals surface area contributed by atoms with Crippen LogP contribution < -0.4 is 0 Å². The molecule has 0 rings (SSSR count).